The quantitative estimate of drug-likeness (QED) is 0.895. The Morgan fingerprint density at radius 3 is 2.59 bits per heavy atom. The number of rotatable bonds is 5. The number of hydrogen-bond acceptors (Lipinski definition) is 4. The minimum absolute atomic E-state index is 0.123. The van der Waals surface area contributed by atoms with Crippen LogP contribution in [0.3, 0.4) is 0 Å². The van der Waals surface area contributed by atoms with Crippen LogP contribution in [0.15, 0.2) is 23.1 Å². The second kappa shape index (κ2) is 5.89. The highest BCUT2D eigenvalue weighted by Crippen LogP contribution is 2.21. The predicted octanol–water partition coefficient (Wildman–Crippen LogP) is 1.81. The zero-order valence-electron chi connectivity index (χ0n) is 13.3. The summed E-state index contributed by atoms with van der Waals surface area (Å²) in [5.41, 5.74) is 0.920. The Bertz CT molecular complexity index is 683. The molecule has 1 fully saturated rings. The number of aryl methyl sites for hydroxylation is 2. The van der Waals surface area contributed by atoms with Gasteiger partial charge in [-0.15, -0.1) is 0 Å². The maximum atomic E-state index is 12.5. The molecule has 0 saturated carbocycles. The van der Waals surface area contributed by atoms with Gasteiger partial charge in [0.05, 0.1) is 17.0 Å². The number of ether oxygens (including phenoxy) is 1. The van der Waals surface area contributed by atoms with Crippen molar-refractivity contribution in [2.45, 2.75) is 38.1 Å². The molecule has 1 aliphatic rings. The molecule has 1 saturated heterocycles. The van der Waals surface area contributed by atoms with Crippen LogP contribution in [0.25, 0.3) is 0 Å². The Hall–Kier alpha value is -1.60. The standard InChI is InChI=1S/C15H22N2O4S/c1-11-5-6-12(2)13(9-11)22(19,20)16-10-15(3,4)17-7-8-21-14(17)18/h5-6,9,16H,7-8,10H2,1-4H3. The molecule has 1 amide bonds. The summed E-state index contributed by atoms with van der Waals surface area (Å²) >= 11 is 0. The fourth-order valence-electron chi connectivity index (χ4n) is 2.38. The number of amides is 1. The van der Waals surface area contributed by atoms with Gasteiger partial charge in [0.2, 0.25) is 10.0 Å². The molecule has 1 heterocycles. The lowest BCUT2D eigenvalue weighted by Crippen LogP contribution is -2.52. The van der Waals surface area contributed by atoms with E-state index in [4.69, 9.17) is 4.74 Å². The van der Waals surface area contributed by atoms with E-state index in [9.17, 15) is 13.2 Å². The van der Waals surface area contributed by atoms with Crippen molar-refractivity contribution in [3.63, 3.8) is 0 Å². The summed E-state index contributed by atoms with van der Waals surface area (Å²) in [6.07, 6.45) is -0.407. The molecule has 0 unspecified atom stereocenters. The SMILES string of the molecule is Cc1ccc(C)c(S(=O)(=O)NCC(C)(C)N2CCOC2=O)c1. The number of benzene rings is 1. The Labute approximate surface area is 131 Å². The van der Waals surface area contributed by atoms with Gasteiger partial charge in [0.15, 0.2) is 0 Å². The average molecular weight is 326 g/mol. The first-order valence-electron chi connectivity index (χ1n) is 7.15. The zero-order valence-corrected chi connectivity index (χ0v) is 14.2. The molecule has 1 aliphatic heterocycles. The lowest BCUT2D eigenvalue weighted by atomic mass is 10.0. The van der Waals surface area contributed by atoms with Gasteiger partial charge in [-0.2, -0.15) is 0 Å². The molecule has 1 aromatic rings. The maximum Gasteiger partial charge on any atom is 0.410 e. The van der Waals surface area contributed by atoms with E-state index in [1.165, 1.54) is 0 Å². The van der Waals surface area contributed by atoms with Crippen molar-refractivity contribution in [3.05, 3.63) is 29.3 Å². The third kappa shape index (κ3) is 3.41. The number of carbonyl (C=O) groups is 1. The van der Waals surface area contributed by atoms with Crippen molar-refractivity contribution >= 4 is 16.1 Å². The van der Waals surface area contributed by atoms with Crippen LogP contribution in [-0.2, 0) is 14.8 Å². The van der Waals surface area contributed by atoms with Crippen LogP contribution in [0.4, 0.5) is 4.79 Å². The van der Waals surface area contributed by atoms with E-state index in [-0.39, 0.29) is 11.4 Å². The van der Waals surface area contributed by atoms with Crippen molar-refractivity contribution < 1.29 is 17.9 Å². The van der Waals surface area contributed by atoms with Crippen molar-refractivity contribution in [2.24, 2.45) is 0 Å². The molecule has 0 atom stereocenters. The molecule has 0 aromatic heterocycles. The molecule has 7 heteroatoms. The monoisotopic (exact) mass is 326 g/mol. The summed E-state index contributed by atoms with van der Waals surface area (Å²) in [5, 5.41) is 0. The molecule has 1 N–H and O–H groups in total. The first-order valence-corrected chi connectivity index (χ1v) is 8.63. The van der Waals surface area contributed by atoms with E-state index in [1.807, 2.05) is 26.8 Å². The highest BCUT2D eigenvalue weighted by atomic mass is 32.2. The number of cyclic esters (lactones) is 1. The summed E-state index contributed by atoms with van der Waals surface area (Å²) in [6, 6.07) is 5.31. The Kier molecular flexibility index (Phi) is 4.49. The highest BCUT2D eigenvalue weighted by molar-refractivity contribution is 7.89. The summed E-state index contributed by atoms with van der Waals surface area (Å²) in [6.45, 7) is 8.16. The van der Waals surface area contributed by atoms with Gasteiger partial charge in [-0.3, -0.25) is 4.90 Å². The van der Waals surface area contributed by atoms with Gasteiger partial charge in [-0.25, -0.2) is 17.9 Å². The summed E-state index contributed by atoms with van der Waals surface area (Å²) in [4.78, 5) is 13.5. The smallest absolute Gasteiger partial charge is 0.410 e. The van der Waals surface area contributed by atoms with Gasteiger partial charge in [-0.1, -0.05) is 12.1 Å². The molecule has 0 radical (unpaired) electrons. The van der Waals surface area contributed by atoms with Gasteiger partial charge in [0.25, 0.3) is 0 Å². The van der Waals surface area contributed by atoms with Crippen LogP contribution in [-0.4, -0.2) is 44.6 Å². The van der Waals surface area contributed by atoms with Gasteiger partial charge < -0.3 is 4.74 Å². The largest absolute Gasteiger partial charge is 0.448 e. The zero-order chi connectivity index (χ0) is 16.5. The van der Waals surface area contributed by atoms with Gasteiger partial charge in [0.1, 0.15) is 6.61 Å². The molecule has 0 spiro atoms. The predicted molar refractivity (Wildman–Crippen MR) is 83.2 cm³/mol. The van der Waals surface area contributed by atoms with E-state index in [1.54, 1.807) is 24.0 Å². The summed E-state index contributed by atoms with van der Waals surface area (Å²) < 4.78 is 32.5. The number of carbonyl (C=O) groups excluding carboxylic acids is 1. The lowest BCUT2D eigenvalue weighted by Gasteiger charge is -2.33. The molecule has 0 aliphatic carbocycles. The Morgan fingerprint density at radius 1 is 1.32 bits per heavy atom. The van der Waals surface area contributed by atoms with Crippen LogP contribution >= 0.6 is 0 Å². The van der Waals surface area contributed by atoms with Crippen molar-refractivity contribution in [1.82, 2.24) is 9.62 Å². The topological polar surface area (TPSA) is 75.7 Å². The number of nitrogens with one attached hydrogen (secondary N) is 1. The van der Waals surface area contributed by atoms with Crippen molar-refractivity contribution in [2.75, 3.05) is 19.7 Å². The van der Waals surface area contributed by atoms with E-state index in [0.717, 1.165) is 5.56 Å². The fraction of sp³-hybridized carbons (Fsp3) is 0.533. The molecule has 122 valence electrons. The van der Waals surface area contributed by atoms with Crippen LogP contribution < -0.4 is 4.72 Å². The minimum atomic E-state index is -3.62. The van der Waals surface area contributed by atoms with Crippen LogP contribution in [0.1, 0.15) is 25.0 Å². The molecular formula is C15H22N2O4S. The second-order valence-electron chi connectivity index (χ2n) is 6.17. The highest BCUT2D eigenvalue weighted by Gasteiger charge is 2.36. The normalized spacial score (nSPS) is 16.0. The maximum absolute atomic E-state index is 12.5. The molecule has 0 bridgehead atoms. The van der Waals surface area contributed by atoms with E-state index in [2.05, 4.69) is 4.72 Å². The summed E-state index contributed by atoms with van der Waals surface area (Å²) in [5.74, 6) is 0. The van der Waals surface area contributed by atoms with E-state index >= 15 is 0 Å². The molecule has 22 heavy (non-hydrogen) atoms. The Morgan fingerprint density at radius 2 is 2.00 bits per heavy atom. The molecule has 2 rings (SSSR count). The molecule has 6 nitrogen and oxygen atoms in total. The molecule has 1 aromatic carbocycles. The number of nitrogens with zero attached hydrogens (tertiary/aromatic N) is 1. The first kappa shape index (κ1) is 16.8. The summed E-state index contributed by atoms with van der Waals surface area (Å²) in [7, 11) is -3.62. The van der Waals surface area contributed by atoms with E-state index in [0.29, 0.717) is 18.7 Å². The van der Waals surface area contributed by atoms with E-state index < -0.39 is 21.7 Å². The van der Waals surface area contributed by atoms with Crippen LogP contribution in [0.5, 0.6) is 0 Å². The molecular weight excluding hydrogens is 304 g/mol. The van der Waals surface area contributed by atoms with Crippen LogP contribution in [0, 0.1) is 13.8 Å². The Balaban J connectivity index is 2.15. The van der Waals surface area contributed by atoms with Crippen molar-refractivity contribution in [1.29, 1.82) is 0 Å². The lowest BCUT2D eigenvalue weighted by molar-refractivity contribution is 0.127. The van der Waals surface area contributed by atoms with Crippen LogP contribution in [0.2, 0.25) is 0 Å². The first-order chi connectivity index (χ1) is 10.1. The van der Waals surface area contributed by atoms with Gasteiger partial charge in [-0.05, 0) is 44.9 Å². The average Bonchev–Trinajstić information content (AvgIpc) is 2.86. The van der Waals surface area contributed by atoms with Crippen molar-refractivity contribution in [3.8, 4) is 0 Å². The number of hydrogen-bond donors (Lipinski definition) is 1. The van der Waals surface area contributed by atoms with Gasteiger partial charge >= 0.3 is 6.09 Å². The van der Waals surface area contributed by atoms with Gasteiger partial charge in [0, 0.05) is 6.54 Å². The number of sulfonamides is 1. The second-order valence-corrected chi connectivity index (χ2v) is 7.91. The third-order valence-corrected chi connectivity index (χ3v) is 5.36. The minimum Gasteiger partial charge on any atom is -0.448 e. The third-order valence-electron chi connectivity index (χ3n) is 3.82. The fourth-order valence-corrected chi connectivity index (χ4v) is 3.92.